The average Bonchev–Trinajstić information content (AvgIpc) is 3.78. The Morgan fingerprint density at radius 2 is 1.09 bits per heavy atom. The molecule has 1 aliphatic carbocycles. The molecule has 6 aromatic carbocycles. The molecule has 0 bridgehead atoms. The van der Waals surface area contributed by atoms with Gasteiger partial charge in [-0.05, 0) is 59.6 Å². The van der Waals surface area contributed by atoms with Gasteiger partial charge in [0.1, 0.15) is 0 Å². The summed E-state index contributed by atoms with van der Waals surface area (Å²) in [6.07, 6.45) is 5.74. The van der Waals surface area contributed by atoms with Crippen LogP contribution in [0.3, 0.4) is 0 Å². The van der Waals surface area contributed by atoms with Crippen LogP contribution in [0, 0.1) is 5.92 Å². The van der Waals surface area contributed by atoms with Crippen LogP contribution in [0.4, 0.5) is 0 Å². The van der Waals surface area contributed by atoms with E-state index in [0.717, 1.165) is 23.1 Å². The van der Waals surface area contributed by atoms with Gasteiger partial charge in [-0.25, -0.2) is 15.0 Å². The Kier molecular flexibility index (Phi) is 8.23. The average molecular weight is 733 g/mol. The normalized spacial score (nSPS) is 15.2. The Hall–Kier alpha value is -5.82. The minimum Gasteiger partial charge on any atom is -0.328 e. The van der Waals surface area contributed by atoms with Gasteiger partial charge in [0.25, 0.3) is 0 Å². The first-order valence-electron chi connectivity index (χ1n) is 18.5. The van der Waals surface area contributed by atoms with Crippen LogP contribution < -0.4 is 0 Å². The number of fused-ring (bicyclic) bond motifs is 6. The van der Waals surface area contributed by atoms with E-state index in [1.54, 1.807) is 0 Å². The third kappa shape index (κ3) is 5.65. The standard InChI is InChI=1S/C48H36N4S2/c1-30-29-34(53-31(2)52-40-23-11-9-19-36(40)37-20-10-12-24-41(37)52)27-28-35(30)38-21-13-25-42-44(38)45-39(22-14-26-43(45)54-42)48-50-46(32-15-5-3-6-16-32)49-47(51-48)33-17-7-4-8-18-33/h3-28,30-31H,29H2,1-2H3. The van der Waals surface area contributed by atoms with E-state index in [1.165, 1.54) is 58.0 Å². The molecule has 9 aromatic rings. The Balaban J connectivity index is 1.08. The van der Waals surface area contributed by atoms with E-state index in [1.807, 2.05) is 59.5 Å². The van der Waals surface area contributed by atoms with E-state index in [-0.39, 0.29) is 5.37 Å². The highest BCUT2D eigenvalue weighted by Gasteiger charge is 2.25. The first-order chi connectivity index (χ1) is 26.6. The number of nitrogens with zero attached hydrogens (tertiary/aromatic N) is 4. The molecule has 0 amide bonds. The van der Waals surface area contributed by atoms with Crippen molar-refractivity contribution in [2.24, 2.45) is 5.92 Å². The van der Waals surface area contributed by atoms with Crippen molar-refractivity contribution in [2.75, 3.05) is 0 Å². The summed E-state index contributed by atoms with van der Waals surface area (Å²) in [5.74, 6) is 2.38. The molecule has 0 saturated heterocycles. The Bertz CT molecular complexity index is 2810. The first kappa shape index (κ1) is 32.8. The molecule has 1 aliphatic rings. The van der Waals surface area contributed by atoms with Crippen LogP contribution in [0.25, 0.3) is 81.7 Å². The molecule has 2 atom stereocenters. The third-order valence-electron chi connectivity index (χ3n) is 10.6. The van der Waals surface area contributed by atoms with E-state index < -0.39 is 0 Å². The Morgan fingerprint density at radius 3 is 1.69 bits per heavy atom. The van der Waals surface area contributed by atoms with E-state index in [9.17, 15) is 0 Å². The SMILES string of the molecule is CC1CC(SC(C)n2c3ccccc3c3ccccc32)=CC=C1c1cccc2sc3cccc(-c4nc(-c5ccccc5)nc(-c5ccccc5)n4)c3c12. The van der Waals surface area contributed by atoms with Gasteiger partial charge in [-0.1, -0.05) is 140 Å². The fraction of sp³-hybridized carbons (Fsp3) is 0.104. The molecule has 0 radical (unpaired) electrons. The van der Waals surface area contributed by atoms with Crippen molar-refractivity contribution >= 4 is 70.6 Å². The van der Waals surface area contributed by atoms with Crippen LogP contribution in [0.5, 0.6) is 0 Å². The first-order valence-corrected chi connectivity index (χ1v) is 20.2. The number of benzene rings is 6. The molecule has 3 aromatic heterocycles. The van der Waals surface area contributed by atoms with Crippen LogP contribution in [0.15, 0.2) is 163 Å². The topological polar surface area (TPSA) is 43.6 Å². The van der Waals surface area contributed by atoms with Gasteiger partial charge in [-0.15, -0.1) is 23.1 Å². The minimum atomic E-state index is 0.247. The van der Waals surface area contributed by atoms with Crippen molar-refractivity contribution in [2.45, 2.75) is 25.6 Å². The summed E-state index contributed by atoms with van der Waals surface area (Å²) < 4.78 is 5.01. The molecule has 2 unspecified atom stereocenters. The zero-order chi connectivity index (χ0) is 36.2. The molecular weight excluding hydrogens is 697 g/mol. The number of thiophene rings is 1. The molecule has 10 rings (SSSR count). The summed E-state index contributed by atoms with van der Waals surface area (Å²) in [6, 6.07) is 51.3. The Morgan fingerprint density at radius 1 is 0.574 bits per heavy atom. The van der Waals surface area contributed by atoms with Gasteiger partial charge >= 0.3 is 0 Å². The second-order valence-electron chi connectivity index (χ2n) is 14.0. The van der Waals surface area contributed by atoms with Crippen molar-refractivity contribution in [3.63, 3.8) is 0 Å². The molecule has 54 heavy (non-hydrogen) atoms. The van der Waals surface area contributed by atoms with Crippen molar-refractivity contribution in [1.29, 1.82) is 0 Å². The second-order valence-corrected chi connectivity index (χ2v) is 16.5. The highest BCUT2D eigenvalue weighted by molar-refractivity contribution is 8.03. The molecule has 3 heterocycles. The van der Waals surface area contributed by atoms with Gasteiger partial charge in [0.2, 0.25) is 0 Å². The molecule has 0 N–H and O–H groups in total. The summed E-state index contributed by atoms with van der Waals surface area (Å²) in [5.41, 5.74) is 8.20. The van der Waals surface area contributed by atoms with E-state index in [2.05, 4.69) is 140 Å². The number of para-hydroxylation sites is 2. The molecule has 6 heteroatoms. The largest absolute Gasteiger partial charge is 0.328 e. The maximum absolute atomic E-state index is 5.14. The van der Waals surface area contributed by atoms with Crippen molar-refractivity contribution in [1.82, 2.24) is 19.5 Å². The summed E-state index contributed by atoms with van der Waals surface area (Å²) in [7, 11) is 0. The van der Waals surface area contributed by atoms with Crippen LogP contribution in [-0.2, 0) is 0 Å². The molecular formula is C48H36N4S2. The third-order valence-corrected chi connectivity index (χ3v) is 12.8. The predicted octanol–water partition coefficient (Wildman–Crippen LogP) is 13.6. The maximum atomic E-state index is 5.14. The molecule has 0 aliphatic heterocycles. The van der Waals surface area contributed by atoms with Crippen LogP contribution in [-0.4, -0.2) is 19.5 Å². The maximum Gasteiger partial charge on any atom is 0.164 e. The van der Waals surface area contributed by atoms with Gasteiger partial charge in [-0.2, -0.15) is 0 Å². The van der Waals surface area contributed by atoms with E-state index in [4.69, 9.17) is 15.0 Å². The van der Waals surface area contributed by atoms with Crippen LogP contribution >= 0.6 is 23.1 Å². The monoisotopic (exact) mass is 732 g/mol. The second kappa shape index (κ2) is 13.5. The number of allylic oxidation sites excluding steroid dienone is 4. The number of aromatic nitrogens is 4. The lowest BCUT2D eigenvalue weighted by molar-refractivity contribution is 0.746. The molecule has 0 fully saturated rings. The van der Waals surface area contributed by atoms with E-state index in [0.29, 0.717) is 23.4 Å². The zero-order valence-corrected chi connectivity index (χ0v) is 31.6. The van der Waals surface area contributed by atoms with Gasteiger partial charge in [0.05, 0.1) is 16.4 Å². The smallest absolute Gasteiger partial charge is 0.164 e. The number of hydrogen-bond acceptors (Lipinski definition) is 5. The lowest BCUT2D eigenvalue weighted by Crippen LogP contribution is -2.07. The van der Waals surface area contributed by atoms with Gasteiger partial charge in [-0.3, -0.25) is 0 Å². The summed E-state index contributed by atoms with van der Waals surface area (Å²) in [5, 5.41) is 5.35. The zero-order valence-electron chi connectivity index (χ0n) is 30.0. The number of thioether (sulfide) groups is 1. The van der Waals surface area contributed by atoms with Gasteiger partial charge in [0, 0.05) is 47.6 Å². The lowest BCUT2D eigenvalue weighted by atomic mass is 9.85. The number of rotatable bonds is 7. The lowest BCUT2D eigenvalue weighted by Gasteiger charge is -2.25. The van der Waals surface area contributed by atoms with E-state index >= 15 is 0 Å². The summed E-state index contributed by atoms with van der Waals surface area (Å²) in [4.78, 5) is 16.7. The highest BCUT2D eigenvalue weighted by atomic mass is 32.2. The Labute approximate surface area is 322 Å². The van der Waals surface area contributed by atoms with Gasteiger partial charge < -0.3 is 4.57 Å². The van der Waals surface area contributed by atoms with Crippen LogP contribution in [0.2, 0.25) is 0 Å². The quantitative estimate of drug-likeness (QED) is 0.164. The number of hydrogen-bond donors (Lipinski definition) is 0. The predicted molar refractivity (Wildman–Crippen MR) is 231 cm³/mol. The molecule has 0 spiro atoms. The fourth-order valence-electron chi connectivity index (χ4n) is 8.11. The fourth-order valence-corrected chi connectivity index (χ4v) is 10.5. The van der Waals surface area contributed by atoms with Gasteiger partial charge in [0.15, 0.2) is 17.5 Å². The molecule has 260 valence electrons. The van der Waals surface area contributed by atoms with Crippen molar-refractivity contribution in [3.8, 4) is 34.2 Å². The van der Waals surface area contributed by atoms with Crippen molar-refractivity contribution in [3.05, 3.63) is 168 Å². The molecule has 0 saturated carbocycles. The molecule has 4 nitrogen and oxygen atoms in total. The summed E-state index contributed by atoms with van der Waals surface area (Å²) in [6.45, 7) is 4.71. The van der Waals surface area contributed by atoms with Crippen molar-refractivity contribution < 1.29 is 0 Å². The summed E-state index contributed by atoms with van der Waals surface area (Å²) >= 11 is 3.81. The van der Waals surface area contributed by atoms with Crippen LogP contribution in [0.1, 0.15) is 31.2 Å². The highest BCUT2D eigenvalue weighted by Crippen LogP contribution is 2.47. The minimum absolute atomic E-state index is 0.247.